The molecule has 2 aromatic heterocycles. The smallest absolute Gasteiger partial charge is 0.191 e. The second-order valence-electron chi connectivity index (χ2n) is 7.98. The van der Waals surface area contributed by atoms with Crippen LogP contribution in [0.5, 0.6) is 0 Å². The molecule has 8 heteroatoms. The lowest BCUT2D eigenvalue weighted by atomic mass is 10.1. The molecule has 29 heavy (non-hydrogen) atoms. The molecule has 2 aliphatic carbocycles. The summed E-state index contributed by atoms with van der Waals surface area (Å²) in [5.41, 5.74) is 2.78. The van der Waals surface area contributed by atoms with Crippen LogP contribution in [0.4, 0.5) is 5.82 Å². The lowest BCUT2D eigenvalue weighted by Crippen LogP contribution is -2.20. The van der Waals surface area contributed by atoms with Gasteiger partial charge in [-0.1, -0.05) is 54.2 Å². The van der Waals surface area contributed by atoms with Gasteiger partial charge in [0.15, 0.2) is 22.1 Å². The molecule has 3 aromatic rings. The summed E-state index contributed by atoms with van der Waals surface area (Å²) in [5, 5.41) is 23.5. The molecule has 0 saturated heterocycles. The van der Waals surface area contributed by atoms with Crippen LogP contribution in [0.15, 0.2) is 35.5 Å². The average Bonchev–Trinajstić information content (AvgIpc) is 3.17. The van der Waals surface area contributed by atoms with E-state index in [0.29, 0.717) is 17.5 Å². The number of nitrogens with zero attached hydrogens (tertiary/aromatic N) is 5. The first kappa shape index (κ1) is 18.8. The molecule has 0 spiro atoms. The molecular weight excluding hydrogens is 384 g/mol. The van der Waals surface area contributed by atoms with Crippen molar-refractivity contribution in [3.05, 3.63) is 35.9 Å². The number of aliphatic hydroxyl groups is 1. The fourth-order valence-electron chi connectivity index (χ4n) is 4.20. The first-order valence-electron chi connectivity index (χ1n) is 10.5. The number of aliphatic hydroxyl groups excluding tert-OH is 1. The van der Waals surface area contributed by atoms with Crippen molar-refractivity contribution < 1.29 is 5.11 Å². The van der Waals surface area contributed by atoms with Crippen molar-refractivity contribution in [2.45, 2.75) is 68.3 Å². The fourth-order valence-corrected chi connectivity index (χ4v) is 4.89. The molecule has 2 heterocycles. The number of aromatic nitrogens is 5. The van der Waals surface area contributed by atoms with Gasteiger partial charge in [-0.2, -0.15) is 0 Å². The summed E-state index contributed by atoms with van der Waals surface area (Å²) in [6, 6.07) is 10.9. The van der Waals surface area contributed by atoms with E-state index in [1.54, 1.807) is 11.8 Å². The highest BCUT2D eigenvalue weighted by atomic mass is 32.2. The highest BCUT2D eigenvalue weighted by Gasteiger charge is 2.39. The molecule has 0 radical (unpaired) electrons. The maximum absolute atomic E-state index is 10.4. The third kappa shape index (κ3) is 3.71. The highest BCUT2D eigenvalue weighted by molar-refractivity contribution is 7.99. The van der Waals surface area contributed by atoms with Crippen LogP contribution >= 0.6 is 11.8 Å². The Morgan fingerprint density at radius 3 is 2.83 bits per heavy atom. The first-order chi connectivity index (χ1) is 14.2. The largest absolute Gasteiger partial charge is 0.391 e. The van der Waals surface area contributed by atoms with Gasteiger partial charge in [0.1, 0.15) is 0 Å². The number of nitrogens with one attached hydrogen (secondary N) is 1. The quantitative estimate of drug-likeness (QED) is 0.453. The van der Waals surface area contributed by atoms with Gasteiger partial charge < -0.3 is 10.4 Å². The Morgan fingerprint density at radius 2 is 2.07 bits per heavy atom. The van der Waals surface area contributed by atoms with Crippen LogP contribution < -0.4 is 5.32 Å². The van der Waals surface area contributed by atoms with Crippen molar-refractivity contribution in [1.82, 2.24) is 25.0 Å². The maximum Gasteiger partial charge on any atom is 0.191 e. The molecule has 2 unspecified atom stereocenters. The monoisotopic (exact) mass is 410 g/mol. The van der Waals surface area contributed by atoms with Crippen molar-refractivity contribution >= 4 is 28.7 Å². The zero-order valence-corrected chi connectivity index (χ0v) is 17.3. The molecule has 4 atom stereocenters. The Balaban J connectivity index is 1.46. The summed E-state index contributed by atoms with van der Waals surface area (Å²) in [6.45, 7) is 2.15. The molecule has 0 aliphatic heterocycles. The summed E-state index contributed by atoms with van der Waals surface area (Å²) in [5.74, 6) is 2.23. The number of hydrogen-bond acceptors (Lipinski definition) is 7. The summed E-state index contributed by atoms with van der Waals surface area (Å²) < 4.78 is 1.82. The van der Waals surface area contributed by atoms with E-state index in [2.05, 4.69) is 52.9 Å². The lowest BCUT2D eigenvalue weighted by molar-refractivity contribution is 0.131. The minimum atomic E-state index is -0.385. The number of fused-ring (bicyclic) bond motifs is 1. The third-order valence-electron chi connectivity index (χ3n) is 5.84. The van der Waals surface area contributed by atoms with E-state index in [1.807, 2.05) is 4.68 Å². The topological polar surface area (TPSA) is 88.8 Å². The minimum absolute atomic E-state index is 0.0511. The Labute approximate surface area is 174 Å². The summed E-state index contributed by atoms with van der Waals surface area (Å²) in [4.78, 5) is 9.52. The van der Waals surface area contributed by atoms with Gasteiger partial charge in [-0.05, 0) is 37.7 Å². The molecule has 1 aromatic carbocycles. The number of thioether (sulfide) groups is 1. The molecule has 0 amide bonds. The summed E-state index contributed by atoms with van der Waals surface area (Å²) in [7, 11) is 0. The standard InChI is InChI=1S/C21H26N6OS/c1-2-11-29-21-23-19(22-15-12-14(15)13-7-4-3-5-8-13)18-20(24-21)27(26-25-18)16-9-6-10-17(16)28/h3-5,7-8,14-17,28H,2,6,9-12H2,1H3,(H,22,23,24)/t14?,15?,16-,17-/m1/s1. The zero-order valence-electron chi connectivity index (χ0n) is 16.5. The van der Waals surface area contributed by atoms with E-state index in [1.165, 1.54) is 5.56 Å². The Kier molecular flexibility index (Phi) is 5.13. The number of rotatable bonds is 7. The molecule has 2 saturated carbocycles. The molecule has 152 valence electrons. The molecule has 2 fully saturated rings. The third-order valence-corrected chi connectivity index (χ3v) is 6.89. The summed E-state index contributed by atoms with van der Waals surface area (Å²) in [6.07, 6.45) is 4.48. The molecule has 2 N–H and O–H groups in total. The Morgan fingerprint density at radius 1 is 1.21 bits per heavy atom. The second-order valence-corrected chi connectivity index (χ2v) is 9.04. The number of hydrogen-bond donors (Lipinski definition) is 2. The predicted molar refractivity (Wildman–Crippen MR) is 114 cm³/mol. The van der Waals surface area contributed by atoms with Gasteiger partial charge in [0.2, 0.25) is 0 Å². The van der Waals surface area contributed by atoms with Crippen LogP contribution in [-0.4, -0.2) is 48.0 Å². The second kappa shape index (κ2) is 7.91. The molecular formula is C21H26N6OS. The van der Waals surface area contributed by atoms with Gasteiger partial charge in [-0.25, -0.2) is 14.6 Å². The van der Waals surface area contributed by atoms with Crippen LogP contribution in [0, 0.1) is 0 Å². The number of anilines is 1. The minimum Gasteiger partial charge on any atom is -0.391 e. The lowest BCUT2D eigenvalue weighted by Gasteiger charge is -2.15. The van der Waals surface area contributed by atoms with Crippen LogP contribution in [0.2, 0.25) is 0 Å². The van der Waals surface area contributed by atoms with Crippen molar-refractivity contribution in [3.8, 4) is 0 Å². The molecule has 2 aliphatic rings. The normalized spacial score (nSPS) is 26.1. The fraction of sp³-hybridized carbons (Fsp3) is 0.524. The predicted octanol–water partition coefficient (Wildman–Crippen LogP) is 3.78. The van der Waals surface area contributed by atoms with E-state index in [9.17, 15) is 5.11 Å². The average molecular weight is 411 g/mol. The summed E-state index contributed by atoms with van der Waals surface area (Å²) >= 11 is 1.66. The SMILES string of the molecule is CCCSc1nc(NC2CC2c2ccccc2)c2nnn([C@@H]3CCC[C@H]3O)c2n1. The van der Waals surface area contributed by atoms with Crippen molar-refractivity contribution in [2.75, 3.05) is 11.1 Å². The zero-order chi connectivity index (χ0) is 19.8. The van der Waals surface area contributed by atoms with E-state index >= 15 is 0 Å². The van der Waals surface area contributed by atoms with Gasteiger partial charge in [-0.3, -0.25) is 0 Å². The van der Waals surface area contributed by atoms with E-state index in [0.717, 1.165) is 54.5 Å². The first-order valence-corrected chi connectivity index (χ1v) is 11.5. The van der Waals surface area contributed by atoms with Gasteiger partial charge >= 0.3 is 0 Å². The Bertz CT molecular complexity index is 994. The van der Waals surface area contributed by atoms with Gasteiger partial charge in [0.05, 0.1) is 12.1 Å². The van der Waals surface area contributed by atoms with Crippen molar-refractivity contribution in [2.24, 2.45) is 0 Å². The van der Waals surface area contributed by atoms with E-state index < -0.39 is 0 Å². The van der Waals surface area contributed by atoms with Crippen LogP contribution in [0.1, 0.15) is 56.6 Å². The molecule has 0 bridgehead atoms. The molecule has 5 rings (SSSR count). The Hall–Kier alpha value is -2.19. The maximum atomic E-state index is 10.4. The number of benzene rings is 1. The molecule has 7 nitrogen and oxygen atoms in total. The van der Waals surface area contributed by atoms with Gasteiger partial charge in [0.25, 0.3) is 0 Å². The van der Waals surface area contributed by atoms with Crippen molar-refractivity contribution in [3.63, 3.8) is 0 Å². The van der Waals surface area contributed by atoms with E-state index in [-0.39, 0.29) is 12.1 Å². The van der Waals surface area contributed by atoms with Crippen LogP contribution in [0.3, 0.4) is 0 Å². The van der Waals surface area contributed by atoms with Gasteiger partial charge in [-0.15, -0.1) is 5.10 Å². The highest BCUT2D eigenvalue weighted by Crippen LogP contribution is 2.43. The van der Waals surface area contributed by atoms with Crippen LogP contribution in [-0.2, 0) is 0 Å². The van der Waals surface area contributed by atoms with Gasteiger partial charge in [0, 0.05) is 17.7 Å². The van der Waals surface area contributed by atoms with Crippen LogP contribution in [0.25, 0.3) is 11.2 Å². The van der Waals surface area contributed by atoms with E-state index in [4.69, 9.17) is 9.97 Å². The van der Waals surface area contributed by atoms with Crippen molar-refractivity contribution in [1.29, 1.82) is 0 Å².